The van der Waals surface area contributed by atoms with E-state index < -0.39 is 0 Å². The van der Waals surface area contributed by atoms with E-state index in [1.807, 2.05) is 44.2 Å². The number of thioether (sulfide) groups is 1. The molecule has 0 bridgehead atoms. The molecule has 0 radical (unpaired) electrons. The number of fused-ring (bicyclic) bond motifs is 1. The molecule has 0 atom stereocenters. The predicted octanol–water partition coefficient (Wildman–Crippen LogP) is 3.70. The van der Waals surface area contributed by atoms with E-state index >= 15 is 0 Å². The third kappa shape index (κ3) is 4.89. The number of aryl methyl sites for hydroxylation is 2. The molecule has 168 valence electrons. The normalized spacial score (nSPS) is 15.2. The summed E-state index contributed by atoms with van der Waals surface area (Å²) in [5.74, 6) is 0.212. The molecule has 1 amide bonds. The van der Waals surface area contributed by atoms with Crippen molar-refractivity contribution in [3.05, 3.63) is 63.9 Å². The molecule has 0 saturated carbocycles. The zero-order chi connectivity index (χ0) is 22.7. The summed E-state index contributed by atoms with van der Waals surface area (Å²) in [6, 6.07) is 13.6. The summed E-state index contributed by atoms with van der Waals surface area (Å²) in [5.41, 5.74) is 3.47. The van der Waals surface area contributed by atoms with Crippen LogP contribution in [0.15, 0.2) is 52.4 Å². The highest BCUT2D eigenvalue weighted by Crippen LogP contribution is 2.24. The zero-order valence-corrected chi connectivity index (χ0v) is 19.7. The molecule has 32 heavy (non-hydrogen) atoms. The first-order valence-electron chi connectivity index (χ1n) is 11.2. The number of para-hydroxylation sites is 1. The lowest BCUT2D eigenvalue weighted by Gasteiger charge is -2.31. The van der Waals surface area contributed by atoms with Gasteiger partial charge in [0.15, 0.2) is 5.16 Å². The number of carbonyl (C=O) groups excluding carboxylic acids is 1. The molecule has 1 aliphatic heterocycles. The minimum absolute atomic E-state index is 0.0143. The van der Waals surface area contributed by atoms with Crippen LogP contribution in [-0.2, 0) is 4.79 Å². The minimum Gasteiger partial charge on any atom is -0.353 e. The summed E-state index contributed by atoms with van der Waals surface area (Å²) in [6.45, 7) is 9.29. The van der Waals surface area contributed by atoms with Crippen LogP contribution in [0.25, 0.3) is 16.6 Å². The fourth-order valence-electron chi connectivity index (χ4n) is 4.27. The van der Waals surface area contributed by atoms with Crippen molar-refractivity contribution in [1.82, 2.24) is 19.8 Å². The number of hydrogen-bond acceptors (Lipinski definition) is 5. The van der Waals surface area contributed by atoms with Gasteiger partial charge in [-0.1, -0.05) is 48.5 Å². The molecule has 1 saturated heterocycles. The van der Waals surface area contributed by atoms with Gasteiger partial charge >= 0.3 is 0 Å². The number of aromatic nitrogens is 2. The molecule has 0 aliphatic carbocycles. The molecule has 2 heterocycles. The predicted molar refractivity (Wildman–Crippen MR) is 131 cm³/mol. The Morgan fingerprint density at radius 3 is 2.62 bits per heavy atom. The van der Waals surface area contributed by atoms with Crippen LogP contribution in [0.1, 0.15) is 30.9 Å². The Morgan fingerprint density at radius 1 is 1.16 bits per heavy atom. The molecule has 1 N–H and O–H groups in total. The number of benzene rings is 2. The number of nitrogens with one attached hydrogen (secondary N) is 1. The third-order valence-electron chi connectivity index (χ3n) is 6.07. The molecule has 2 aromatic carbocycles. The molecule has 4 rings (SSSR count). The average molecular weight is 451 g/mol. The summed E-state index contributed by atoms with van der Waals surface area (Å²) in [4.78, 5) is 33.3. The van der Waals surface area contributed by atoms with Gasteiger partial charge in [0.25, 0.3) is 5.56 Å². The number of likely N-dealkylation sites (tertiary alicyclic amines) is 1. The van der Waals surface area contributed by atoms with Gasteiger partial charge < -0.3 is 10.2 Å². The van der Waals surface area contributed by atoms with Gasteiger partial charge in [0.2, 0.25) is 5.91 Å². The quantitative estimate of drug-likeness (QED) is 0.458. The average Bonchev–Trinajstić information content (AvgIpc) is 2.79. The molecule has 7 heteroatoms. The van der Waals surface area contributed by atoms with Crippen molar-refractivity contribution in [2.24, 2.45) is 0 Å². The highest BCUT2D eigenvalue weighted by molar-refractivity contribution is 7.99. The van der Waals surface area contributed by atoms with Crippen LogP contribution in [0.2, 0.25) is 0 Å². The van der Waals surface area contributed by atoms with Gasteiger partial charge in [0, 0.05) is 19.1 Å². The van der Waals surface area contributed by atoms with Gasteiger partial charge in [-0.05, 0) is 57.0 Å². The fourth-order valence-corrected chi connectivity index (χ4v) is 5.09. The number of nitrogens with zero attached hydrogens (tertiary/aromatic N) is 3. The number of rotatable bonds is 6. The summed E-state index contributed by atoms with van der Waals surface area (Å²) in [7, 11) is 0. The van der Waals surface area contributed by atoms with Crippen LogP contribution in [0.5, 0.6) is 0 Å². The summed E-state index contributed by atoms with van der Waals surface area (Å²) >= 11 is 1.31. The van der Waals surface area contributed by atoms with Gasteiger partial charge in [-0.25, -0.2) is 4.98 Å². The highest BCUT2D eigenvalue weighted by atomic mass is 32.2. The second-order valence-corrected chi connectivity index (χ2v) is 9.35. The van der Waals surface area contributed by atoms with Gasteiger partial charge in [-0.15, -0.1) is 0 Å². The summed E-state index contributed by atoms with van der Waals surface area (Å²) in [5, 5.41) is 4.27. The first kappa shape index (κ1) is 22.6. The van der Waals surface area contributed by atoms with Crippen molar-refractivity contribution in [1.29, 1.82) is 0 Å². The summed E-state index contributed by atoms with van der Waals surface area (Å²) < 4.78 is 1.65. The Bertz CT molecular complexity index is 1180. The summed E-state index contributed by atoms with van der Waals surface area (Å²) in [6.07, 6.45) is 1.96. The number of amides is 1. The van der Waals surface area contributed by atoms with Crippen molar-refractivity contribution < 1.29 is 4.79 Å². The Hall–Kier alpha value is -2.64. The Balaban J connectivity index is 1.59. The van der Waals surface area contributed by atoms with E-state index in [0.717, 1.165) is 49.3 Å². The zero-order valence-electron chi connectivity index (χ0n) is 18.9. The van der Waals surface area contributed by atoms with E-state index in [1.54, 1.807) is 10.6 Å². The molecular weight excluding hydrogens is 420 g/mol. The standard InChI is InChI=1S/C25H30N4O2S/c1-4-28-13-11-19(12-14-28)26-23(30)16-32-25-27-21-8-6-5-7-20(21)24(31)29(25)22-10-9-17(2)15-18(22)3/h5-10,15,19H,4,11-14,16H2,1-3H3,(H,26,30). The maximum Gasteiger partial charge on any atom is 0.266 e. The maximum atomic E-state index is 13.4. The molecule has 1 aliphatic rings. The van der Waals surface area contributed by atoms with E-state index in [9.17, 15) is 9.59 Å². The molecule has 1 fully saturated rings. The lowest BCUT2D eigenvalue weighted by Crippen LogP contribution is -2.45. The van der Waals surface area contributed by atoms with Crippen molar-refractivity contribution in [2.75, 3.05) is 25.4 Å². The van der Waals surface area contributed by atoms with Crippen LogP contribution in [0, 0.1) is 13.8 Å². The lowest BCUT2D eigenvalue weighted by atomic mass is 10.1. The molecular formula is C25H30N4O2S. The maximum absolute atomic E-state index is 13.4. The lowest BCUT2D eigenvalue weighted by molar-refractivity contribution is -0.119. The van der Waals surface area contributed by atoms with Crippen molar-refractivity contribution in [3.63, 3.8) is 0 Å². The number of piperidine rings is 1. The van der Waals surface area contributed by atoms with Crippen LogP contribution in [-0.4, -0.2) is 51.8 Å². The van der Waals surface area contributed by atoms with Crippen LogP contribution >= 0.6 is 11.8 Å². The fraction of sp³-hybridized carbons (Fsp3) is 0.400. The van der Waals surface area contributed by atoms with Crippen LogP contribution in [0.3, 0.4) is 0 Å². The van der Waals surface area contributed by atoms with Gasteiger partial charge in [-0.2, -0.15) is 0 Å². The van der Waals surface area contributed by atoms with Gasteiger partial charge in [-0.3, -0.25) is 14.2 Å². The number of hydrogen-bond donors (Lipinski definition) is 1. The molecule has 0 spiro atoms. The molecule has 6 nitrogen and oxygen atoms in total. The van der Waals surface area contributed by atoms with Gasteiger partial charge in [0.1, 0.15) is 0 Å². The first-order chi connectivity index (χ1) is 15.5. The monoisotopic (exact) mass is 450 g/mol. The Labute approximate surface area is 193 Å². The minimum atomic E-state index is -0.114. The second kappa shape index (κ2) is 9.88. The van der Waals surface area contributed by atoms with E-state index in [1.165, 1.54) is 11.8 Å². The largest absolute Gasteiger partial charge is 0.353 e. The Kier molecular flexibility index (Phi) is 6.96. The first-order valence-corrected chi connectivity index (χ1v) is 12.2. The third-order valence-corrected chi connectivity index (χ3v) is 7.01. The molecule has 1 aromatic heterocycles. The topological polar surface area (TPSA) is 67.2 Å². The highest BCUT2D eigenvalue weighted by Gasteiger charge is 2.21. The SMILES string of the molecule is CCN1CCC(NC(=O)CSc2nc3ccccc3c(=O)n2-c2ccc(C)cc2C)CC1. The van der Waals surface area contributed by atoms with Crippen LogP contribution < -0.4 is 10.9 Å². The smallest absolute Gasteiger partial charge is 0.266 e. The Morgan fingerprint density at radius 2 is 1.91 bits per heavy atom. The van der Waals surface area contributed by atoms with E-state index in [-0.39, 0.29) is 23.3 Å². The van der Waals surface area contributed by atoms with E-state index in [2.05, 4.69) is 23.2 Å². The van der Waals surface area contributed by atoms with E-state index in [0.29, 0.717) is 16.1 Å². The van der Waals surface area contributed by atoms with Crippen molar-refractivity contribution >= 4 is 28.6 Å². The molecule has 0 unspecified atom stereocenters. The molecule has 3 aromatic rings. The van der Waals surface area contributed by atoms with Crippen LogP contribution in [0.4, 0.5) is 0 Å². The number of carbonyl (C=O) groups is 1. The van der Waals surface area contributed by atoms with E-state index in [4.69, 9.17) is 4.98 Å². The van der Waals surface area contributed by atoms with Crippen molar-refractivity contribution in [3.8, 4) is 5.69 Å². The second-order valence-electron chi connectivity index (χ2n) is 8.41. The van der Waals surface area contributed by atoms with Gasteiger partial charge in [0.05, 0.1) is 22.3 Å². The van der Waals surface area contributed by atoms with Crippen molar-refractivity contribution in [2.45, 2.75) is 44.8 Å².